The van der Waals surface area contributed by atoms with Crippen molar-refractivity contribution in [2.24, 2.45) is 0 Å². The van der Waals surface area contributed by atoms with Crippen LogP contribution in [0.4, 0.5) is 4.39 Å². The lowest BCUT2D eigenvalue weighted by molar-refractivity contribution is -0.168. The number of amides is 2. The third kappa shape index (κ3) is 3.48. The van der Waals surface area contributed by atoms with E-state index in [1.807, 2.05) is 4.90 Å². The van der Waals surface area contributed by atoms with E-state index in [4.69, 9.17) is 0 Å². The highest BCUT2D eigenvalue weighted by Gasteiger charge is 2.55. The molecule has 27 heavy (non-hydrogen) atoms. The second kappa shape index (κ2) is 7.61. The van der Waals surface area contributed by atoms with Crippen molar-refractivity contribution in [3.05, 3.63) is 35.6 Å². The Hall–Kier alpha value is -1.91. The smallest absolute Gasteiger partial charge is 0.246 e. The molecule has 1 aromatic rings. The van der Waals surface area contributed by atoms with Crippen LogP contribution in [0.2, 0.25) is 0 Å². The number of rotatable bonds is 4. The quantitative estimate of drug-likeness (QED) is 0.803. The fourth-order valence-electron chi connectivity index (χ4n) is 5.19. The topological polar surface area (TPSA) is 49.4 Å². The average Bonchev–Trinajstić information content (AvgIpc) is 2.68. The maximum absolute atomic E-state index is 13.4. The van der Waals surface area contributed by atoms with E-state index in [0.717, 1.165) is 50.5 Å². The number of nitrogens with one attached hydrogen (secondary N) is 1. The van der Waals surface area contributed by atoms with Crippen molar-refractivity contribution in [3.8, 4) is 0 Å². The van der Waals surface area contributed by atoms with Crippen molar-refractivity contribution < 1.29 is 14.0 Å². The number of carbonyl (C=O) groups is 2. The number of benzene rings is 1. The summed E-state index contributed by atoms with van der Waals surface area (Å²) in [6.07, 6.45) is 10.6. The van der Waals surface area contributed by atoms with Crippen molar-refractivity contribution in [2.45, 2.75) is 88.3 Å². The first-order valence-electron chi connectivity index (χ1n) is 10.5. The molecule has 1 aromatic carbocycles. The molecule has 1 aliphatic heterocycles. The van der Waals surface area contributed by atoms with E-state index in [-0.39, 0.29) is 29.7 Å². The molecule has 4 nitrogen and oxygen atoms in total. The molecular formula is C22H29FN2O2. The molecule has 1 saturated heterocycles. The van der Waals surface area contributed by atoms with E-state index in [2.05, 4.69) is 5.32 Å². The van der Waals surface area contributed by atoms with Gasteiger partial charge in [-0.25, -0.2) is 4.39 Å². The van der Waals surface area contributed by atoms with Crippen molar-refractivity contribution in [2.75, 3.05) is 0 Å². The number of likely N-dealkylation sites (tertiary alicyclic amines) is 1. The number of halogens is 1. The molecule has 2 amide bonds. The number of hydrogen-bond acceptors (Lipinski definition) is 2. The molecule has 1 unspecified atom stereocenters. The molecule has 1 heterocycles. The molecule has 0 aromatic heterocycles. The Balaban J connectivity index is 1.58. The fraction of sp³-hybridized carbons (Fsp3) is 0.636. The van der Waals surface area contributed by atoms with Crippen LogP contribution in [-0.2, 0) is 9.59 Å². The average molecular weight is 372 g/mol. The van der Waals surface area contributed by atoms with E-state index in [1.165, 1.54) is 31.4 Å². The number of carbonyl (C=O) groups excluding carboxylic acids is 2. The van der Waals surface area contributed by atoms with Gasteiger partial charge in [0, 0.05) is 6.04 Å². The van der Waals surface area contributed by atoms with E-state index in [0.29, 0.717) is 6.42 Å². The van der Waals surface area contributed by atoms with Crippen LogP contribution < -0.4 is 5.32 Å². The highest BCUT2D eigenvalue weighted by Crippen LogP contribution is 2.46. The van der Waals surface area contributed by atoms with Gasteiger partial charge in [-0.3, -0.25) is 9.59 Å². The summed E-state index contributed by atoms with van der Waals surface area (Å²) in [5.41, 5.74) is 0.191. The Morgan fingerprint density at radius 1 is 1.00 bits per heavy atom. The van der Waals surface area contributed by atoms with Gasteiger partial charge in [0.15, 0.2) is 0 Å². The zero-order chi connectivity index (χ0) is 18.9. The highest BCUT2D eigenvalue weighted by molar-refractivity contribution is 5.95. The van der Waals surface area contributed by atoms with Gasteiger partial charge in [0.1, 0.15) is 11.4 Å². The van der Waals surface area contributed by atoms with Crippen molar-refractivity contribution in [1.82, 2.24) is 10.2 Å². The Kier molecular flexibility index (Phi) is 5.20. The molecule has 4 rings (SSSR count). The van der Waals surface area contributed by atoms with Gasteiger partial charge in [0.25, 0.3) is 0 Å². The molecule has 0 spiro atoms. The van der Waals surface area contributed by atoms with E-state index < -0.39 is 5.54 Å². The van der Waals surface area contributed by atoms with Gasteiger partial charge in [-0.1, -0.05) is 50.7 Å². The van der Waals surface area contributed by atoms with E-state index >= 15 is 0 Å². The molecule has 0 radical (unpaired) electrons. The lowest BCUT2D eigenvalue weighted by atomic mass is 9.74. The van der Waals surface area contributed by atoms with Gasteiger partial charge < -0.3 is 10.2 Å². The van der Waals surface area contributed by atoms with Gasteiger partial charge in [0.05, 0.1) is 12.5 Å². The van der Waals surface area contributed by atoms with Crippen molar-refractivity contribution >= 4 is 11.8 Å². The van der Waals surface area contributed by atoms with Gasteiger partial charge >= 0.3 is 0 Å². The maximum atomic E-state index is 13.4. The predicted molar refractivity (Wildman–Crippen MR) is 101 cm³/mol. The molecule has 146 valence electrons. The SMILES string of the molecule is O=C1CC(c2ccc(F)cc2)N1C1(C(=O)NC2CCCCC2)CCCCC1. The minimum atomic E-state index is -0.732. The van der Waals surface area contributed by atoms with Crippen LogP contribution in [0.3, 0.4) is 0 Å². The molecule has 1 N–H and O–H groups in total. The largest absolute Gasteiger partial charge is 0.351 e. The summed E-state index contributed by atoms with van der Waals surface area (Å²) in [5, 5.41) is 3.29. The van der Waals surface area contributed by atoms with Crippen LogP contribution in [0.25, 0.3) is 0 Å². The third-order valence-corrected chi connectivity index (χ3v) is 6.71. The van der Waals surface area contributed by atoms with Crippen molar-refractivity contribution in [1.29, 1.82) is 0 Å². The first kappa shape index (κ1) is 18.5. The van der Waals surface area contributed by atoms with Gasteiger partial charge in [-0.15, -0.1) is 0 Å². The first-order chi connectivity index (χ1) is 13.1. The second-order valence-electron chi connectivity index (χ2n) is 8.44. The lowest BCUT2D eigenvalue weighted by Gasteiger charge is -2.54. The normalized spacial score (nSPS) is 25.7. The lowest BCUT2D eigenvalue weighted by Crippen LogP contribution is -2.67. The summed E-state index contributed by atoms with van der Waals surface area (Å²) < 4.78 is 13.3. The van der Waals surface area contributed by atoms with Crippen molar-refractivity contribution in [3.63, 3.8) is 0 Å². The summed E-state index contributed by atoms with van der Waals surface area (Å²) in [6.45, 7) is 0. The molecule has 3 aliphatic rings. The summed E-state index contributed by atoms with van der Waals surface area (Å²) in [6, 6.07) is 6.49. The van der Waals surface area contributed by atoms with E-state index in [9.17, 15) is 14.0 Å². The summed E-state index contributed by atoms with van der Waals surface area (Å²) in [5.74, 6) is -0.197. The minimum Gasteiger partial charge on any atom is -0.351 e. The standard InChI is InChI=1S/C22H29FN2O2/c23-17-11-9-16(10-12-17)19-15-20(26)25(19)22(13-5-2-6-14-22)21(27)24-18-7-3-1-4-8-18/h9-12,18-19H,1-8,13-15H2,(H,24,27). The van der Waals surface area contributed by atoms with Gasteiger partial charge in [-0.05, 0) is 43.4 Å². The fourth-order valence-corrected chi connectivity index (χ4v) is 5.19. The maximum Gasteiger partial charge on any atom is 0.246 e. The van der Waals surface area contributed by atoms with Crippen LogP contribution in [0.15, 0.2) is 24.3 Å². The summed E-state index contributed by atoms with van der Waals surface area (Å²) >= 11 is 0. The van der Waals surface area contributed by atoms with Gasteiger partial charge in [-0.2, -0.15) is 0 Å². The zero-order valence-electron chi connectivity index (χ0n) is 15.9. The molecule has 2 saturated carbocycles. The third-order valence-electron chi connectivity index (χ3n) is 6.71. The van der Waals surface area contributed by atoms with Gasteiger partial charge in [0.2, 0.25) is 11.8 Å². The Morgan fingerprint density at radius 3 is 2.26 bits per heavy atom. The number of hydrogen-bond donors (Lipinski definition) is 1. The Morgan fingerprint density at radius 2 is 1.63 bits per heavy atom. The molecule has 0 bridgehead atoms. The number of β-lactam (4-membered cyclic amide) rings is 1. The van der Waals surface area contributed by atoms with E-state index in [1.54, 1.807) is 12.1 Å². The zero-order valence-corrected chi connectivity index (χ0v) is 15.9. The molecular weight excluding hydrogens is 343 g/mol. The minimum absolute atomic E-state index is 0.0364. The first-order valence-corrected chi connectivity index (χ1v) is 10.5. The summed E-state index contributed by atoms with van der Waals surface area (Å²) in [7, 11) is 0. The van der Waals surface area contributed by atoms with Crippen LogP contribution in [0.5, 0.6) is 0 Å². The molecule has 2 aliphatic carbocycles. The van der Waals surface area contributed by atoms with Crippen LogP contribution in [0, 0.1) is 5.82 Å². The molecule has 1 atom stereocenters. The Labute approximate surface area is 160 Å². The molecule has 5 heteroatoms. The monoisotopic (exact) mass is 372 g/mol. The van der Waals surface area contributed by atoms with Crippen LogP contribution in [-0.4, -0.2) is 28.3 Å². The molecule has 3 fully saturated rings. The predicted octanol–water partition coefficient (Wildman–Crippen LogP) is 4.25. The van der Waals surface area contributed by atoms with Crippen LogP contribution in [0.1, 0.15) is 82.2 Å². The number of nitrogens with zero attached hydrogens (tertiary/aromatic N) is 1. The summed E-state index contributed by atoms with van der Waals surface area (Å²) in [4.78, 5) is 27.9. The van der Waals surface area contributed by atoms with Crippen LogP contribution >= 0.6 is 0 Å². The highest BCUT2D eigenvalue weighted by atomic mass is 19.1. The Bertz CT molecular complexity index is 691. The second-order valence-corrected chi connectivity index (χ2v) is 8.44.